The van der Waals surface area contributed by atoms with Crippen molar-refractivity contribution in [2.45, 2.75) is 36.6 Å². The minimum absolute atomic E-state index is 0.0689. The second kappa shape index (κ2) is 5.84. The van der Waals surface area contributed by atoms with Crippen LogP contribution in [-0.2, 0) is 9.84 Å². The van der Waals surface area contributed by atoms with Crippen LogP contribution in [0, 0.1) is 0 Å². The van der Waals surface area contributed by atoms with Crippen molar-refractivity contribution in [2.24, 2.45) is 0 Å². The van der Waals surface area contributed by atoms with Crippen molar-refractivity contribution in [3.63, 3.8) is 0 Å². The SMILES string of the molecule is CS(=O)(=O)c1ccc(C(=O)CC2CCCCN2)cc1. The third-order valence-corrected chi connectivity index (χ3v) is 4.58. The predicted molar refractivity (Wildman–Crippen MR) is 74.1 cm³/mol. The van der Waals surface area contributed by atoms with E-state index in [4.69, 9.17) is 0 Å². The summed E-state index contributed by atoms with van der Waals surface area (Å²) < 4.78 is 22.7. The fourth-order valence-electron chi connectivity index (χ4n) is 2.33. The smallest absolute Gasteiger partial charge is 0.175 e. The van der Waals surface area contributed by atoms with E-state index in [0.29, 0.717) is 12.0 Å². The van der Waals surface area contributed by atoms with Gasteiger partial charge in [-0.3, -0.25) is 4.79 Å². The van der Waals surface area contributed by atoms with Crippen LogP contribution in [0.15, 0.2) is 29.2 Å². The summed E-state index contributed by atoms with van der Waals surface area (Å²) in [6.45, 7) is 0.977. The second-order valence-corrected chi connectivity index (χ2v) is 7.09. The van der Waals surface area contributed by atoms with Crippen LogP contribution in [0.5, 0.6) is 0 Å². The average molecular weight is 281 g/mol. The zero-order chi connectivity index (χ0) is 13.9. The number of hydrogen-bond donors (Lipinski definition) is 1. The lowest BCUT2D eigenvalue weighted by atomic mass is 9.97. The molecule has 0 amide bonds. The van der Waals surface area contributed by atoms with E-state index in [0.717, 1.165) is 25.6 Å². The molecule has 1 atom stereocenters. The van der Waals surface area contributed by atoms with E-state index >= 15 is 0 Å². The van der Waals surface area contributed by atoms with Crippen LogP contribution in [0.1, 0.15) is 36.0 Å². The van der Waals surface area contributed by atoms with Gasteiger partial charge in [-0.25, -0.2) is 8.42 Å². The molecule has 1 aromatic rings. The first-order valence-corrected chi connectivity index (χ1v) is 8.42. The number of Topliss-reactive ketones (excluding diaryl/α,β-unsaturated/α-hetero) is 1. The van der Waals surface area contributed by atoms with Gasteiger partial charge in [0.15, 0.2) is 15.6 Å². The summed E-state index contributed by atoms with van der Waals surface area (Å²) in [6, 6.07) is 6.45. The summed E-state index contributed by atoms with van der Waals surface area (Å²) in [6.07, 6.45) is 5.02. The van der Waals surface area contributed by atoms with Crippen LogP contribution < -0.4 is 5.32 Å². The quantitative estimate of drug-likeness (QED) is 0.855. The Balaban J connectivity index is 2.03. The molecule has 0 saturated carbocycles. The lowest BCUT2D eigenvalue weighted by Gasteiger charge is -2.22. The van der Waals surface area contributed by atoms with Crippen molar-refractivity contribution in [3.8, 4) is 0 Å². The van der Waals surface area contributed by atoms with Gasteiger partial charge in [-0.1, -0.05) is 18.6 Å². The van der Waals surface area contributed by atoms with Crippen molar-refractivity contribution >= 4 is 15.6 Å². The van der Waals surface area contributed by atoms with E-state index in [-0.39, 0.29) is 16.7 Å². The van der Waals surface area contributed by atoms with Crippen molar-refractivity contribution < 1.29 is 13.2 Å². The van der Waals surface area contributed by atoms with Crippen LogP contribution >= 0.6 is 0 Å². The lowest BCUT2D eigenvalue weighted by Crippen LogP contribution is -2.35. The Labute approximate surface area is 114 Å². The molecule has 4 nitrogen and oxygen atoms in total. The third-order valence-electron chi connectivity index (χ3n) is 3.45. The van der Waals surface area contributed by atoms with Crippen LogP contribution in [0.3, 0.4) is 0 Å². The first kappa shape index (κ1) is 14.2. The molecule has 1 unspecified atom stereocenters. The maximum Gasteiger partial charge on any atom is 0.175 e. The molecule has 0 radical (unpaired) electrons. The highest BCUT2D eigenvalue weighted by atomic mass is 32.2. The molecular formula is C14H19NO3S. The van der Waals surface area contributed by atoms with E-state index in [1.807, 2.05) is 0 Å². The largest absolute Gasteiger partial charge is 0.314 e. The summed E-state index contributed by atoms with van der Waals surface area (Å²) in [7, 11) is -3.20. The number of ketones is 1. The molecule has 0 spiro atoms. The molecule has 104 valence electrons. The number of nitrogens with one attached hydrogen (secondary N) is 1. The molecule has 0 bridgehead atoms. The molecule has 1 aliphatic rings. The number of rotatable bonds is 4. The highest BCUT2D eigenvalue weighted by Gasteiger charge is 2.17. The minimum atomic E-state index is -3.20. The van der Waals surface area contributed by atoms with Gasteiger partial charge in [-0.15, -0.1) is 0 Å². The van der Waals surface area contributed by atoms with Crippen molar-refractivity contribution in [2.75, 3.05) is 12.8 Å². The van der Waals surface area contributed by atoms with E-state index in [9.17, 15) is 13.2 Å². The van der Waals surface area contributed by atoms with Crippen molar-refractivity contribution in [1.29, 1.82) is 0 Å². The van der Waals surface area contributed by atoms with Gasteiger partial charge >= 0.3 is 0 Å². The number of carbonyl (C=O) groups excluding carboxylic acids is 1. The van der Waals surface area contributed by atoms with Gasteiger partial charge in [0.25, 0.3) is 0 Å². The predicted octanol–water partition coefficient (Wildman–Crippen LogP) is 1.81. The monoisotopic (exact) mass is 281 g/mol. The fourth-order valence-corrected chi connectivity index (χ4v) is 2.96. The molecule has 1 fully saturated rings. The van der Waals surface area contributed by atoms with Gasteiger partial charge in [0.2, 0.25) is 0 Å². The first-order chi connectivity index (χ1) is 8.97. The van der Waals surface area contributed by atoms with Gasteiger partial charge < -0.3 is 5.32 Å². The number of hydrogen-bond acceptors (Lipinski definition) is 4. The second-order valence-electron chi connectivity index (χ2n) is 5.07. The number of sulfone groups is 1. The first-order valence-electron chi connectivity index (χ1n) is 6.53. The number of piperidine rings is 1. The Kier molecular flexibility index (Phi) is 4.37. The minimum Gasteiger partial charge on any atom is -0.314 e. The fraction of sp³-hybridized carbons (Fsp3) is 0.500. The summed E-state index contributed by atoms with van der Waals surface area (Å²) in [4.78, 5) is 12.3. The number of carbonyl (C=O) groups is 1. The molecule has 1 N–H and O–H groups in total. The Morgan fingerprint density at radius 3 is 2.47 bits per heavy atom. The molecular weight excluding hydrogens is 262 g/mol. The van der Waals surface area contributed by atoms with Crippen molar-refractivity contribution in [3.05, 3.63) is 29.8 Å². The summed E-state index contributed by atoms with van der Waals surface area (Å²) in [5.41, 5.74) is 0.583. The highest BCUT2D eigenvalue weighted by Crippen LogP contribution is 2.15. The Morgan fingerprint density at radius 1 is 1.26 bits per heavy atom. The van der Waals surface area contributed by atoms with Gasteiger partial charge in [0.1, 0.15) is 0 Å². The van der Waals surface area contributed by atoms with E-state index in [2.05, 4.69) is 5.32 Å². The molecule has 1 aliphatic heterocycles. The van der Waals surface area contributed by atoms with E-state index in [1.54, 1.807) is 12.1 Å². The maximum atomic E-state index is 12.1. The summed E-state index contributed by atoms with van der Waals surface area (Å²) in [5, 5.41) is 3.34. The lowest BCUT2D eigenvalue weighted by molar-refractivity contribution is 0.0963. The molecule has 19 heavy (non-hydrogen) atoms. The Bertz CT molecular complexity index is 543. The standard InChI is InChI=1S/C14H19NO3S/c1-19(17,18)13-7-5-11(6-8-13)14(16)10-12-4-2-3-9-15-12/h5-8,12,15H,2-4,9-10H2,1H3. The Hall–Kier alpha value is -1.20. The Morgan fingerprint density at radius 2 is 1.95 bits per heavy atom. The average Bonchev–Trinajstić information content (AvgIpc) is 2.39. The summed E-state index contributed by atoms with van der Waals surface area (Å²) >= 11 is 0. The molecule has 1 aromatic carbocycles. The van der Waals surface area contributed by atoms with Crippen molar-refractivity contribution in [1.82, 2.24) is 5.32 Å². The highest BCUT2D eigenvalue weighted by molar-refractivity contribution is 7.90. The van der Waals surface area contributed by atoms with Gasteiger partial charge in [-0.05, 0) is 31.5 Å². The molecule has 2 rings (SSSR count). The normalized spacial score (nSPS) is 20.2. The topological polar surface area (TPSA) is 63.2 Å². The van der Waals surface area contributed by atoms with Gasteiger partial charge in [-0.2, -0.15) is 0 Å². The van der Waals surface area contributed by atoms with Crippen LogP contribution in [-0.4, -0.2) is 33.0 Å². The van der Waals surface area contributed by atoms with E-state index in [1.165, 1.54) is 18.6 Å². The third kappa shape index (κ3) is 3.88. The number of benzene rings is 1. The molecule has 0 aliphatic carbocycles. The van der Waals surface area contributed by atoms with Gasteiger partial charge in [0, 0.05) is 24.3 Å². The summed E-state index contributed by atoms with van der Waals surface area (Å²) in [5.74, 6) is 0.0689. The maximum absolute atomic E-state index is 12.1. The van der Waals surface area contributed by atoms with E-state index < -0.39 is 9.84 Å². The zero-order valence-corrected chi connectivity index (χ0v) is 11.9. The molecule has 5 heteroatoms. The molecule has 0 aromatic heterocycles. The zero-order valence-electron chi connectivity index (χ0n) is 11.1. The molecule has 1 saturated heterocycles. The molecule has 1 heterocycles. The van der Waals surface area contributed by atoms with Crippen LogP contribution in [0.25, 0.3) is 0 Å². The van der Waals surface area contributed by atoms with Crippen LogP contribution in [0.4, 0.5) is 0 Å². The van der Waals surface area contributed by atoms with Gasteiger partial charge in [0.05, 0.1) is 4.90 Å². The van der Waals surface area contributed by atoms with Crippen LogP contribution in [0.2, 0.25) is 0 Å².